The zero-order valence-corrected chi connectivity index (χ0v) is 10.5. The first-order valence-corrected chi connectivity index (χ1v) is 5.96. The molecule has 0 atom stereocenters. The lowest BCUT2D eigenvalue weighted by molar-refractivity contribution is 0.792. The largest absolute Gasteiger partial charge is 0.397 e. The lowest BCUT2D eigenvalue weighted by Crippen LogP contribution is -2.04. The van der Waals surface area contributed by atoms with Crippen LogP contribution < -0.4 is 5.73 Å². The van der Waals surface area contributed by atoms with Crippen molar-refractivity contribution in [3.8, 4) is 17.1 Å². The molecule has 0 amide bonds. The number of anilines is 1. The summed E-state index contributed by atoms with van der Waals surface area (Å²) in [4.78, 5) is 0. The number of nitrogens with zero attached hydrogens (tertiary/aromatic N) is 4. The average molecular weight is 251 g/mol. The van der Waals surface area contributed by atoms with Crippen LogP contribution in [0.2, 0.25) is 0 Å². The van der Waals surface area contributed by atoms with Crippen LogP contribution in [0, 0.1) is 6.92 Å². The Kier molecular flexibility index (Phi) is 2.72. The number of rotatable bonds is 2. The van der Waals surface area contributed by atoms with Gasteiger partial charge in [-0.25, -0.2) is 0 Å². The maximum atomic E-state index is 6.04. The highest BCUT2D eigenvalue weighted by molar-refractivity contribution is 5.64. The van der Waals surface area contributed by atoms with Gasteiger partial charge in [-0.2, -0.15) is 4.68 Å². The number of nitrogens with two attached hydrogens (primary N) is 1. The fourth-order valence-corrected chi connectivity index (χ4v) is 1.98. The zero-order valence-electron chi connectivity index (χ0n) is 10.5. The van der Waals surface area contributed by atoms with Gasteiger partial charge in [-0.05, 0) is 35.0 Å². The molecule has 5 heteroatoms. The highest BCUT2D eigenvalue weighted by Crippen LogP contribution is 2.23. The molecule has 19 heavy (non-hydrogen) atoms. The van der Waals surface area contributed by atoms with Crippen molar-refractivity contribution in [1.82, 2.24) is 20.2 Å². The Balaban J connectivity index is 2.15. The molecule has 5 nitrogen and oxygen atoms in total. The summed E-state index contributed by atoms with van der Waals surface area (Å²) in [5.41, 5.74) is 9.55. The summed E-state index contributed by atoms with van der Waals surface area (Å²) in [5.74, 6) is 0.677. The predicted molar refractivity (Wildman–Crippen MR) is 73.7 cm³/mol. The summed E-state index contributed by atoms with van der Waals surface area (Å²) >= 11 is 0. The van der Waals surface area contributed by atoms with Gasteiger partial charge in [0, 0.05) is 5.56 Å². The van der Waals surface area contributed by atoms with Crippen LogP contribution in [-0.2, 0) is 0 Å². The number of tetrazole rings is 1. The number of aromatic nitrogens is 4. The molecule has 2 aromatic carbocycles. The first-order chi connectivity index (χ1) is 9.25. The van der Waals surface area contributed by atoms with Crippen LogP contribution in [0.3, 0.4) is 0 Å². The van der Waals surface area contributed by atoms with Crippen molar-refractivity contribution in [1.29, 1.82) is 0 Å². The van der Waals surface area contributed by atoms with Crippen molar-refractivity contribution in [3.05, 3.63) is 54.1 Å². The van der Waals surface area contributed by atoms with Crippen molar-refractivity contribution in [2.24, 2.45) is 0 Å². The van der Waals surface area contributed by atoms with Crippen molar-refractivity contribution in [2.45, 2.75) is 6.92 Å². The van der Waals surface area contributed by atoms with Crippen LogP contribution in [0.4, 0.5) is 5.69 Å². The third kappa shape index (κ3) is 2.06. The van der Waals surface area contributed by atoms with E-state index in [4.69, 9.17) is 5.73 Å². The van der Waals surface area contributed by atoms with Gasteiger partial charge in [0.25, 0.3) is 0 Å². The molecule has 0 saturated carbocycles. The van der Waals surface area contributed by atoms with Gasteiger partial charge in [-0.1, -0.05) is 36.4 Å². The summed E-state index contributed by atoms with van der Waals surface area (Å²) in [5, 5.41) is 11.8. The van der Waals surface area contributed by atoms with E-state index in [1.165, 1.54) is 0 Å². The Morgan fingerprint density at radius 2 is 1.84 bits per heavy atom. The van der Waals surface area contributed by atoms with Crippen LogP contribution in [0.5, 0.6) is 0 Å². The van der Waals surface area contributed by atoms with E-state index in [1.54, 1.807) is 4.68 Å². The molecule has 0 bridgehead atoms. The highest BCUT2D eigenvalue weighted by atomic mass is 15.5. The SMILES string of the molecule is Cc1ccc(-n2nnnc2-c2ccccc2)c(N)c1. The minimum atomic E-state index is 0.657. The number of aryl methyl sites for hydroxylation is 1. The maximum absolute atomic E-state index is 6.04. The van der Waals surface area contributed by atoms with E-state index < -0.39 is 0 Å². The van der Waals surface area contributed by atoms with E-state index in [0.717, 1.165) is 16.8 Å². The second-order valence-corrected chi connectivity index (χ2v) is 4.34. The molecule has 0 spiro atoms. The highest BCUT2D eigenvalue weighted by Gasteiger charge is 2.12. The van der Waals surface area contributed by atoms with Gasteiger partial charge in [0.2, 0.25) is 0 Å². The van der Waals surface area contributed by atoms with E-state index in [0.29, 0.717) is 11.5 Å². The van der Waals surface area contributed by atoms with E-state index in [-0.39, 0.29) is 0 Å². The Labute approximate surface area is 110 Å². The predicted octanol–water partition coefficient (Wildman–Crippen LogP) is 2.22. The first-order valence-electron chi connectivity index (χ1n) is 5.96. The molecule has 0 aliphatic rings. The van der Waals surface area contributed by atoms with Gasteiger partial charge in [-0.3, -0.25) is 0 Å². The van der Waals surface area contributed by atoms with Crippen molar-refractivity contribution >= 4 is 5.69 Å². The van der Waals surface area contributed by atoms with E-state index >= 15 is 0 Å². The molecule has 1 aromatic heterocycles. The minimum Gasteiger partial charge on any atom is -0.397 e. The molecule has 1 heterocycles. The van der Waals surface area contributed by atoms with Crippen molar-refractivity contribution in [2.75, 3.05) is 5.73 Å². The molecule has 94 valence electrons. The molecule has 0 aliphatic carbocycles. The molecule has 3 aromatic rings. The summed E-state index contributed by atoms with van der Waals surface area (Å²) in [6, 6.07) is 15.6. The van der Waals surface area contributed by atoms with Crippen LogP contribution in [0.1, 0.15) is 5.56 Å². The van der Waals surface area contributed by atoms with Gasteiger partial charge in [0.15, 0.2) is 5.82 Å². The molecule has 0 unspecified atom stereocenters. The zero-order chi connectivity index (χ0) is 13.2. The summed E-state index contributed by atoms with van der Waals surface area (Å²) in [7, 11) is 0. The fraction of sp³-hybridized carbons (Fsp3) is 0.0714. The quantitative estimate of drug-likeness (QED) is 0.709. The lowest BCUT2D eigenvalue weighted by Gasteiger charge is -2.08. The minimum absolute atomic E-state index is 0.657. The van der Waals surface area contributed by atoms with Crippen LogP contribution in [0.15, 0.2) is 48.5 Å². The lowest BCUT2D eigenvalue weighted by atomic mass is 10.2. The van der Waals surface area contributed by atoms with Crippen LogP contribution >= 0.6 is 0 Å². The van der Waals surface area contributed by atoms with Gasteiger partial charge in [0.05, 0.1) is 11.4 Å². The summed E-state index contributed by atoms with van der Waals surface area (Å²) in [6.07, 6.45) is 0. The fourth-order valence-electron chi connectivity index (χ4n) is 1.98. The van der Waals surface area contributed by atoms with Gasteiger partial charge < -0.3 is 5.73 Å². The van der Waals surface area contributed by atoms with Gasteiger partial charge >= 0.3 is 0 Å². The van der Waals surface area contributed by atoms with E-state index in [1.807, 2.05) is 55.5 Å². The topological polar surface area (TPSA) is 69.6 Å². The second kappa shape index (κ2) is 4.53. The second-order valence-electron chi connectivity index (χ2n) is 4.34. The third-order valence-corrected chi connectivity index (χ3v) is 2.91. The smallest absolute Gasteiger partial charge is 0.187 e. The van der Waals surface area contributed by atoms with E-state index in [9.17, 15) is 0 Å². The molecule has 0 saturated heterocycles. The van der Waals surface area contributed by atoms with Crippen LogP contribution in [-0.4, -0.2) is 20.2 Å². The number of nitrogen functional groups attached to an aromatic ring is 1. The van der Waals surface area contributed by atoms with Crippen molar-refractivity contribution in [3.63, 3.8) is 0 Å². The van der Waals surface area contributed by atoms with Crippen LogP contribution in [0.25, 0.3) is 17.1 Å². The maximum Gasteiger partial charge on any atom is 0.187 e. The third-order valence-electron chi connectivity index (χ3n) is 2.91. The summed E-state index contributed by atoms with van der Waals surface area (Å²) in [6.45, 7) is 2.00. The summed E-state index contributed by atoms with van der Waals surface area (Å²) < 4.78 is 1.66. The number of hydrogen-bond acceptors (Lipinski definition) is 4. The molecule has 2 N–H and O–H groups in total. The van der Waals surface area contributed by atoms with Crippen molar-refractivity contribution < 1.29 is 0 Å². The Hall–Kier alpha value is -2.69. The average Bonchev–Trinajstić information content (AvgIpc) is 2.89. The monoisotopic (exact) mass is 251 g/mol. The van der Waals surface area contributed by atoms with E-state index in [2.05, 4.69) is 15.5 Å². The molecule has 0 fully saturated rings. The number of hydrogen-bond donors (Lipinski definition) is 1. The van der Waals surface area contributed by atoms with Gasteiger partial charge in [0.1, 0.15) is 0 Å². The normalized spacial score (nSPS) is 10.6. The number of benzene rings is 2. The Morgan fingerprint density at radius 3 is 2.58 bits per heavy atom. The molecule has 0 aliphatic heterocycles. The molecular weight excluding hydrogens is 238 g/mol. The molecular formula is C14H13N5. The Morgan fingerprint density at radius 1 is 1.05 bits per heavy atom. The van der Waals surface area contributed by atoms with Gasteiger partial charge in [-0.15, -0.1) is 5.10 Å². The molecule has 0 radical (unpaired) electrons. The first kappa shape index (κ1) is 11.4. The molecule has 3 rings (SSSR count). The Bertz CT molecular complexity index is 703. The standard InChI is InChI=1S/C14H13N5/c1-10-7-8-13(12(15)9-10)19-14(16-17-18-19)11-5-3-2-4-6-11/h2-9H,15H2,1H3.